The third kappa shape index (κ3) is 6.10. The second-order valence-electron chi connectivity index (χ2n) is 7.26. The lowest BCUT2D eigenvalue weighted by Gasteiger charge is -2.18. The van der Waals surface area contributed by atoms with Crippen molar-refractivity contribution in [1.82, 2.24) is 15.4 Å². The van der Waals surface area contributed by atoms with Crippen molar-refractivity contribution in [3.63, 3.8) is 0 Å². The number of carbonyl (C=O) groups is 3. The number of anilines is 1. The molecule has 180 valence electrons. The first kappa shape index (κ1) is 24.7. The van der Waals surface area contributed by atoms with Crippen molar-refractivity contribution in [2.24, 2.45) is 16.8 Å². The minimum Gasteiger partial charge on any atom is -0.468 e. The molecule has 0 saturated carbocycles. The summed E-state index contributed by atoms with van der Waals surface area (Å²) < 4.78 is 4.87. The van der Waals surface area contributed by atoms with Crippen molar-refractivity contribution in [2.45, 2.75) is 13.3 Å². The molecule has 35 heavy (non-hydrogen) atoms. The van der Waals surface area contributed by atoms with Gasteiger partial charge in [-0.2, -0.15) is 5.10 Å². The Morgan fingerprint density at radius 1 is 1.14 bits per heavy atom. The molecule has 13 nitrogen and oxygen atoms in total. The predicted octanol–water partition coefficient (Wildman–Crippen LogP) is 1.84. The predicted molar refractivity (Wildman–Crippen MR) is 125 cm³/mol. The van der Waals surface area contributed by atoms with Gasteiger partial charge in [0.25, 0.3) is 11.6 Å². The maximum Gasteiger partial charge on any atom is 0.332 e. The summed E-state index contributed by atoms with van der Waals surface area (Å²) in [6.45, 7) is 1.70. The summed E-state index contributed by atoms with van der Waals surface area (Å²) in [5, 5.41) is 17.2. The number of primary amides is 1. The van der Waals surface area contributed by atoms with E-state index in [1.54, 1.807) is 25.1 Å². The van der Waals surface area contributed by atoms with Gasteiger partial charge in [0.1, 0.15) is 11.6 Å². The standard InChI is InChI=1S/C22H21N7O6/c1-12-18(26-17-9-4-3-8-16(17)24-12)11-15(21(31)35-2)19(27-28-22(23)32)20(30)25-13-6-5-7-14(10-13)29(33)34/h3-10,15H,11H2,1-2H3,(H,25,30)(H3,23,28,32)/b27-19+/t15-/m1/s1. The molecule has 1 aromatic heterocycles. The Morgan fingerprint density at radius 3 is 2.46 bits per heavy atom. The van der Waals surface area contributed by atoms with Gasteiger partial charge in [0.05, 0.1) is 34.5 Å². The van der Waals surface area contributed by atoms with Gasteiger partial charge in [-0.1, -0.05) is 18.2 Å². The molecule has 0 bridgehead atoms. The van der Waals surface area contributed by atoms with E-state index >= 15 is 0 Å². The highest BCUT2D eigenvalue weighted by Crippen LogP contribution is 2.20. The summed E-state index contributed by atoms with van der Waals surface area (Å²) in [6, 6.07) is 11.2. The molecule has 4 N–H and O–H groups in total. The Kier molecular flexibility index (Phi) is 7.61. The number of nitrogens with zero attached hydrogens (tertiary/aromatic N) is 4. The number of nitro groups is 1. The Balaban J connectivity index is 2.00. The van der Waals surface area contributed by atoms with Crippen LogP contribution in [-0.2, 0) is 20.7 Å². The van der Waals surface area contributed by atoms with Crippen molar-refractivity contribution >= 4 is 46.0 Å². The van der Waals surface area contributed by atoms with E-state index in [1.165, 1.54) is 18.2 Å². The zero-order valence-electron chi connectivity index (χ0n) is 18.7. The average molecular weight is 479 g/mol. The number of nitrogens with two attached hydrogens (primary N) is 1. The maximum atomic E-state index is 13.1. The second-order valence-corrected chi connectivity index (χ2v) is 7.26. The number of rotatable bonds is 8. The largest absolute Gasteiger partial charge is 0.468 e. The van der Waals surface area contributed by atoms with Gasteiger partial charge in [0.2, 0.25) is 0 Å². The molecule has 0 radical (unpaired) electrons. The average Bonchev–Trinajstić information content (AvgIpc) is 2.83. The fourth-order valence-corrected chi connectivity index (χ4v) is 3.24. The van der Waals surface area contributed by atoms with Gasteiger partial charge in [-0.15, -0.1) is 0 Å². The Bertz CT molecular complexity index is 1340. The molecule has 0 unspecified atom stereocenters. The van der Waals surface area contributed by atoms with Gasteiger partial charge < -0.3 is 15.8 Å². The fraction of sp³-hybridized carbons (Fsp3) is 0.182. The van der Waals surface area contributed by atoms with Gasteiger partial charge in [-0.3, -0.25) is 19.7 Å². The van der Waals surface area contributed by atoms with Crippen LogP contribution >= 0.6 is 0 Å². The van der Waals surface area contributed by atoms with Gasteiger partial charge in [0.15, 0.2) is 0 Å². The molecule has 0 fully saturated rings. The number of carbonyl (C=O) groups excluding carboxylic acids is 3. The number of esters is 1. The number of aromatic nitrogens is 2. The molecule has 3 aromatic rings. The number of hydrogen-bond donors (Lipinski definition) is 3. The number of benzene rings is 2. The van der Waals surface area contributed by atoms with Crippen molar-refractivity contribution < 1.29 is 24.0 Å². The zero-order valence-corrected chi connectivity index (χ0v) is 18.7. The number of ether oxygens (including phenoxy) is 1. The van der Waals surface area contributed by atoms with Crippen LogP contribution in [0.3, 0.4) is 0 Å². The van der Waals surface area contributed by atoms with Gasteiger partial charge >= 0.3 is 12.0 Å². The number of methoxy groups -OCH3 is 1. The number of nitrogens with one attached hydrogen (secondary N) is 2. The van der Waals surface area contributed by atoms with Crippen LogP contribution in [-0.4, -0.2) is 45.6 Å². The minimum absolute atomic E-state index is 0.0706. The lowest BCUT2D eigenvalue weighted by Crippen LogP contribution is -2.39. The summed E-state index contributed by atoms with van der Waals surface area (Å²) in [4.78, 5) is 56.5. The highest BCUT2D eigenvalue weighted by molar-refractivity contribution is 6.46. The van der Waals surface area contributed by atoms with E-state index < -0.39 is 34.5 Å². The molecule has 0 aliphatic carbocycles. The number of fused-ring (bicyclic) bond motifs is 1. The molecule has 1 heterocycles. The number of hydrazone groups is 1. The van der Waals surface area contributed by atoms with E-state index in [1.807, 2.05) is 11.5 Å². The van der Waals surface area contributed by atoms with Crippen LogP contribution in [0.4, 0.5) is 16.2 Å². The van der Waals surface area contributed by atoms with Crippen LogP contribution in [0.15, 0.2) is 53.6 Å². The normalized spacial score (nSPS) is 12.0. The quantitative estimate of drug-likeness (QED) is 0.188. The molecule has 0 aliphatic rings. The van der Waals surface area contributed by atoms with Crippen LogP contribution in [0.1, 0.15) is 11.4 Å². The number of non-ortho nitro benzene ring substituents is 1. The topological polar surface area (TPSA) is 192 Å². The van der Waals surface area contributed by atoms with Crippen molar-refractivity contribution in [3.8, 4) is 0 Å². The van der Waals surface area contributed by atoms with E-state index in [0.29, 0.717) is 22.4 Å². The molecular weight excluding hydrogens is 458 g/mol. The molecule has 1 atom stereocenters. The SMILES string of the molecule is COC(=O)[C@H](Cc1nc2ccccc2nc1C)/C(=N\NC(N)=O)C(=O)Nc1cccc([N+](=O)[O-])c1. The molecule has 3 amide bonds. The maximum absolute atomic E-state index is 13.1. The van der Waals surface area contributed by atoms with Crippen LogP contribution in [0.5, 0.6) is 0 Å². The minimum atomic E-state index is -1.32. The van der Waals surface area contributed by atoms with Crippen molar-refractivity contribution in [2.75, 3.05) is 12.4 Å². The first-order valence-corrected chi connectivity index (χ1v) is 10.2. The van der Waals surface area contributed by atoms with E-state index in [0.717, 1.165) is 13.2 Å². The Labute approximate surface area is 198 Å². The molecule has 13 heteroatoms. The molecule has 0 aliphatic heterocycles. The number of urea groups is 1. The van der Waals surface area contributed by atoms with E-state index in [-0.39, 0.29) is 17.8 Å². The zero-order chi connectivity index (χ0) is 25.5. The van der Waals surface area contributed by atoms with Crippen LogP contribution in [0.2, 0.25) is 0 Å². The number of amides is 3. The Morgan fingerprint density at radius 2 is 1.83 bits per heavy atom. The molecule has 0 spiro atoms. The number of aryl methyl sites for hydroxylation is 1. The van der Waals surface area contributed by atoms with Gasteiger partial charge in [-0.05, 0) is 25.1 Å². The van der Waals surface area contributed by atoms with Crippen LogP contribution in [0, 0.1) is 23.0 Å². The molecule has 0 saturated heterocycles. The van der Waals surface area contributed by atoms with E-state index in [4.69, 9.17) is 10.5 Å². The third-order valence-electron chi connectivity index (χ3n) is 4.89. The summed E-state index contributed by atoms with van der Waals surface area (Å²) in [7, 11) is 1.13. The van der Waals surface area contributed by atoms with Crippen LogP contribution in [0.25, 0.3) is 11.0 Å². The summed E-state index contributed by atoms with van der Waals surface area (Å²) in [6.07, 6.45) is -0.141. The first-order valence-electron chi connectivity index (χ1n) is 10.2. The molecular formula is C22H21N7O6. The second kappa shape index (κ2) is 10.8. The van der Waals surface area contributed by atoms with Crippen molar-refractivity contribution in [3.05, 3.63) is 70.0 Å². The summed E-state index contributed by atoms with van der Waals surface area (Å²) >= 11 is 0. The number of nitro benzene ring substituents is 1. The van der Waals surface area contributed by atoms with Crippen LogP contribution < -0.4 is 16.5 Å². The van der Waals surface area contributed by atoms with E-state index in [9.17, 15) is 24.5 Å². The highest BCUT2D eigenvalue weighted by atomic mass is 16.6. The summed E-state index contributed by atoms with van der Waals surface area (Å²) in [5.41, 5.74) is 8.53. The highest BCUT2D eigenvalue weighted by Gasteiger charge is 2.33. The summed E-state index contributed by atoms with van der Waals surface area (Å²) in [5.74, 6) is -3.07. The fourth-order valence-electron chi connectivity index (χ4n) is 3.24. The van der Waals surface area contributed by atoms with E-state index in [2.05, 4.69) is 20.4 Å². The molecule has 3 rings (SSSR count). The number of para-hydroxylation sites is 2. The third-order valence-corrected chi connectivity index (χ3v) is 4.89. The molecule has 2 aromatic carbocycles. The van der Waals surface area contributed by atoms with Crippen molar-refractivity contribution in [1.29, 1.82) is 0 Å². The monoisotopic (exact) mass is 479 g/mol. The Hall–Kier alpha value is -4.94. The van der Waals surface area contributed by atoms with Gasteiger partial charge in [-0.25, -0.2) is 20.2 Å². The lowest BCUT2D eigenvalue weighted by atomic mass is 9.95. The first-order chi connectivity index (χ1) is 16.7. The lowest BCUT2D eigenvalue weighted by molar-refractivity contribution is -0.384. The number of hydrogen-bond acceptors (Lipinski definition) is 9. The smallest absolute Gasteiger partial charge is 0.332 e. The van der Waals surface area contributed by atoms with Gasteiger partial charge in [0, 0.05) is 24.2 Å².